The van der Waals surface area contributed by atoms with Gasteiger partial charge in [-0.25, -0.2) is 13.8 Å². The predicted molar refractivity (Wildman–Crippen MR) is 61.3 cm³/mol. The van der Waals surface area contributed by atoms with Crippen molar-refractivity contribution in [1.82, 2.24) is 4.98 Å². The highest BCUT2D eigenvalue weighted by atomic mass is 19.1. The first kappa shape index (κ1) is 12.9. The third kappa shape index (κ3) is 3.15. The van der Waals surface area contributed by atoms with E-state index in [-0.39, 0.29) is 11.9 Å². The number of nitrogens with one attached hydrogen (secondary N) is 1. The summed E-state index contributed by atoms with van der Waals surface area (Å²) in [6.07, 6.45) is 3.06. The lowest BCUT2D eigenvalue weighted by Gasteiger charge is -2.23. The van der Waals surface area contributed by atoms with Gasteiger partial charge in [-0.05, 0) is 12.8 Å². The molecule has 1 rings (SSSR count). The lowest BCUT2D eigenvalue weighted by molar-refractivity contribution is 0.434. The molecule has 1 unspecified atom stereocenters. The first-order valence-electron chi connectivity index (χ1n) is 5.66. The van der Waals surface area contributed by atoms with Crippen LogP contribution in [0.3, 0.4) is 0 Å². The molecule has 1 aromatic rings. The molecule has 0 aromatic carbocycles. The molecule has 2 nitrogen and oxygen atoms in total. The topological polar surface area (TPSA) is 24.9 Å². The van der Waals surface area contributed by atoms with Crippen molar-refractivity contribution in [2.75, 3.05) is 5.32 Å². The van der Waals surface area contributed by atoms with Crippen molar-refractivity contribution in [3.05, 3.63) is 23.9 Å². The Morgan fingerprint density at radius 3 is 2.44 bits per heavy atom. The molecule has 90 valence electrons. The van der Waals surface area contributed by atoms with Crippen LogP contribution in [-0.4, -0.2) is 11.0 Å². The van der Waals surface area contributed by atoms with E-state index in [0.717, 1.165) is 25.1 Å². The molecule has 0 bridgehead atoms. The van der Waals surface area contributed by atoms with E-state index in [9.17, 15) is 8.78 Å². The van der Waals surface area contributed by atoms with Crippen molar-refractivity contribution in [2.24, 2.45) is 5.92 Å². The molecule has 1 N–H and O–H groups in total. The van der Waals surface area contributed by atoms with Crippen LogP contribution in [0.1, 0.15) is 33.6 Å². The second-order valence-corrected chi connectivity index (χ2v) is 3.99. The molecule has 1 atom stereocenters. The number of pyridine rings is 1. The standard InChI is InChI=1S/C12H18F2N2/c1-4-9(5-2)8(3)16-12-11(14)6-10(13)7-15-12/h6-9H,4-5H2,1-3H3,(H,15,16). The Morgan fingerprint density at radius 2 is 1.94 bits per heavy atom. The zero-order chi connectivity index (χ0) is 12.1. The van der Waals surface area contributed by atoms with E-state index in [0.29, 0.717) is 5.92 Å². The molecule has 0 fully saturated rings. The quantitative estimate of drug-likeness (QED) is 0.833. The van der Waals surface area contributed by atoms with E-state index < -0.39 is 11.6 Å². The van der Waals surface area contributed by atoms with Gasteiger partial charge in [-0.3, -0.25) is 0 Å². The monoisotopic (exact) mass is 228 g/mol. The number of halogens is 2. The molecule has 1 aromatic heterocycles. The fourth-order valence-corrected chi connectivity index (χ4v) is 1.85. The highest BCUT2D eigenvalue weighted by molar-refractivity contribution is 5.36. The van der Waals surface area contributed by atoms with Crippen LogP contribution < -0.4 is 5.32 Å². The number of hydrogen-bond acceptors (Lipinski definition) is 2. The maximum atomic E-state index is 13.3. The van der Waals surface area contributed by atoms with Gasteiger partial charge in [-0.2, -0.15) is 0 Å². The Bertz CT molecular complexity index is 338. The lowest BCUT2D eigenvalue weighted by Crippen LogP contribution is -2.26. The smallest absolute Gasteiger partial charge is 0.168 e. The fourth-order valence-electron chi connectivity index (χ4n) is 1.85. The fraction of sp³-hybridized carbons (Fsp3) is 0.583. The maximum Gasteiger partial charge on any atom is 0.168 e. The second kappa shape index (κ2) is 5.77. The number of nitrogens with zero attached hydrogens (tertiary/aromatic N) is 1. The van der Waals surface area contributed by atoms with Crippen molar-refractivity contribution >= 4 is 5.82 Å². The van der Waals surface area contributed by atoms with Crippen LogP contribution in [0, 0.1) is 17.6 Å². The second-order valence-electron chi connectivity index (χ2n) is 3.99. The summed E-state index contributed by atoms with van der Waals surface area (Å²) in [5.74, 6) is -0.705. The van der Waals surface area contributed by atoms with Gasteiger partial charge in [0.05, 0.1) is 6.20 Å². The zero-order valence-corrected chi connectivity index (χ0v) is 9.93. The van der Waals surface area contributed by atoms with Gasteiger partial charge in [0, 0.05) is 12.1 Å². The molecule has 0 aliphatic heterocycles. The molecule has 0 saturated heterocycles. The van der Waals surface area contributed by atoms with Crippen LogP contribution in [0.4, 0.5) is 14.6 Å². The molecule has 0 spiro atoms. The van der Waals surface area contributed by atoms with E-state index in [4.69, 9.17) is 0 Å². The Kier molecular flexibility index (Phi) is 4.65. The third-order valence-electron chi connectivity index (χ3n) is 2.93. The SMILES string of the molecule is CCC(CC)C(C)Nc1ncc(F)cc1F. The number of anilines is 1. The molecule has 0 saturated carbocycles. The largest absolute Gasteiger partial charge is 0.365 e. The summed E-state index contributed by atoms with van der Waals surface area (Å²) in [4.78, 5) is 3.71. The van der Waals surface area contributed by atoms with Crippen LogP contribution in [0.25, 0.3) is 0 Å². The normalized spacial score (nSPS) is 12.9. The van der Waals surface area contributed by atoms with Crippen molar-refractivity contribution in [1.29, 1.82) is 0 Å². The summed E-state index contributed by atoms with van der Waals surface area (Å²) in [6, 6.07) is 0.969. The van der Waals surface area contributed by atoms with Gasteiger partial charge in [0.15, 0.2) is 11.6 Å². The summed E-state index contributed by atoms with van der Waals surface area (Å²) in [5, 5.41) is 2.99. The highest BCUT2D eigenvalue weighted by Crippen LogP contribution is 2.18. The predicted octanol–water partition coefficient (Wildman–Crippen LogP) is 3.60. The number of hydrogen-bond donors (Lipinski definition) is 1. The minimum Gasteiger partial charge on any atom is -0.365 e. The van der Waals surface area contributed by atoms with E-state index >= 15 is 0 Å². The van der Waals surface area contributed by atoms with Gasteiger partial charge in [0.25, 0.3) is 0 Å². The molecular weight excluding hydrogens is 210 g/mol. The van der Waals surface area contributed by atoms with E-state index in [1.807, 2.05) is 6.92 Å². The molecule has 1 heterocycles. The van der Waals surface area contributed by atoms with Gasteiger partial charge < -0.3 is 5.32 Å². The van der Waals surface area contributed by atoms with Gasteiger partial charge >= 0.3 is 0 Å². The Morgan fingerprint density at radius 1 is 1.31 bits per heavy atom. The van der Waals surface area contributed by atoms with Crippen molar-refractivity contribution in [2.45, 2.75) is 39.7 Å². The minimum absolute atomic E-state index is 0.126. The van der Waals surface area contributed by atoms with Gasteiger partial charge in [-0.15, -0.1) is 0 Å². The molecule has 0 amide bonds. The number of aromatic nitrogens is 1. The third-order valence-corrected chi connectivity index (χ3v) is 2.93. The van der Waals surface area contributed by atoms with E-state index in [1.54, 1.807) is 0 Å². The Balaban J connectivity index is 2.72. The molecule has 0 aliphatic rings. The molecular formula is C12H18F2N2. The molecule has 16 heavy (non-hydrogen) atoms. The lowest BCUT2D eigenvalue weighted by atomic mass is 9.95. The maximum absolute atomic E-state index is 13.3. The summed E-state index contributed by atoms with van der Waals surface area (Å²) in [5.41, 5.74) is 0. The first-order chi connectivity index (χ1) is 7.58. The Hall–Kier alpha value is -1.19. The van der Waals surface area contributed by atoms with Crippen LogP contribution in [0.5, 0.6) is 0 Å². The summed E-state index contributed by atoms with van der Waals surface area (Å²) < 4.78 is 26.0. The molecule has 4 heteroatoms. The molecule has 0 radical (unpaired) electrons. The van der Waals surface area contributed by atoms with Crippen molar-refractivity contribution in [3.63, 3.8) is 0 Å². The Labute approximate surface area is 95.1 Å². The average molecular weight is 228 g/mol. The summed E-state index contributed by atoms with van der Waals surface area (Å²) in [7, 11) is 0. The van der Waals surface area contributed by atoms with Gasteiger partial charge in [0.1, 0.15) is 5.82 Å². The van der Waals surface area contributed by atoms with Gasteiger partial charge in [-0.1, -0.05) is 26.7 Å². The van der Waals surface area contributed by atoms with Crippen LogP contribution >= 0.6 is 0 Å². The van der Waals surface area contributed by atoms with Crippen LogP contribution in [-0.2, 0) is 0 Å². The zero-order valence-electron chi connectivity index (χ0n) is 9.93. The van der Waals surface area contributed by atoms with Crippen molar-refractivity contribution in [3.8, 4) is 0 Å². The van der Waals surface area contributed by atoms with Crippen molar-refractivity contribution < 1.29 is 8.78 Å². The van der Waals surface area contributed by atoms with Crippen LogP contribution in [0.15, 0.2) is 12.3 Å². The van der Waals surface area contributed by atoms with Gasteiger partial charge in [0.2, 0.25) is 0 Å². The number of rotatable bonds is 5. The average Bonchev–Trinajstić information content (AvgIpc) is 2.24. The van der Waals surface area contributed by atoms with Crippen LogP contribution in [0.2, 0.25) is 0 Å². The van der Waals surface area contributed by atoms with E-state index in [2.05, 4.69) is 24.1 Å². The minimum atomic E-state index is -0.654. The first-order valence-corrected chi connectivity index (χ1v) is 5.66. The highest BCUT2D eigenvalue weighted by Gasteiger charge is 2.15. The summed E-state index contributed by atoms with van der Waals surface area (Å²) in [6.45, 7) is 6.18. The van der Waals surface area contributed by atoms with E-state index in [1.165, 1.54) is 0 Å². The molecule has 0 aliphatic carbocycles. The summed E-state index contributed by atoms with van der Waals surface area (Å²) >= 11 is 0.